The molecule has 3 heterocycles. The predicted octanol–water partition coefficient (Wildman–Crippen LogP) is 1.13. The van der Waals surface area contributed by atoms with E-state index in [1.54, 1.807) is 29.0 Å². The third kappa shape index (κ3) is 4.07. The molecule has 1 saturated heterocycles. The fourth-order valence-electron chi connectivity index (χ4n) is 3.38. The number of hydrogen-bond donors (Lipinski definition) is 0. The first kappa shape index (κ1) is 20.1. The molecule has 10 nitrogen and oxygen atoms in total. The molecule has 0 radical (unpaired) electrons. The molecule has 2 aromatic heterocycles. The number of methoxy groups -OCH3 is 2. The Morgan fingerprint density at radius 1 is 1.20 bits per heavy atom. The lowest BCUT2D eigenvalue weighted by atomic mass is 9.99. The largest absolute Gasteiger partial charge is 0.481 e. The second-order valence-electron chi connectivity index (χ2n) is 7.65. The van der Waals surface area contributed by atoms with Gasteiger partial charge in [-0.05, 0) is 18.9 Å². The van der Waals surface area contributed by atoms with Gasteiger partial charge in [0.25, 0.3) is 5.91 Å². The Balaban J connectivity index is 1.30. The van der Waals surface area contributed by atoms with Gasteiger partial charge >= 0.3 is 0 Å². The van der Waals surface area contributed by atoms with E-state index in [0.29, 0.717) is 49.2 Å². The van der Waals surface area contributed by atoms with Crippen LogP contribution in [0.4, 0.5) is 0 Å². The SMILES string of the molecule is COc1ccc(C(=O)N2CC(c3nc(CCN(C)C(=O)C4CC4)no3)C2)c(OC)n1. The molecule has 2 aromatic rings. The van der Waals surface area contributed by atoms with Crippen molar-refractivity contribution in [3.05, 3.63) is 29.4 Å². The van der Waals surface area contributed by atoms with E-state index in [1.165, 1.54) is 14.2 Å². The number of carbonyl (C=O) groups is 2. The lowest BCUT2D eigenvalue weighted by Crippen LogP contribution is -2.48. The summed E-state index contributed by atoms with van der Waals surface area (Å²) in [6, 6.07) is 3.27. The van der Waals surface area contributed by atoms with Gasteiger partial charge in [-0.1, -0.05) is 5.16 Å². The Bertz CT molecular complexity index is 935. The molecule has 4 rings (SSSR count). The quantitative estimate of drug-likeness (QED) is 0.631. The van der Waals surface area contributed by atoms with E-state index in [2.05, 4.69) is 15.1 Å². The summed E-state index contributed by atoms with van der Waals surface area (Å²) < 4.78 is 15.7. The summed E-state index contributed by atoms with van der Waals surface area (Å²) in [5.41, 5.74) is 0.381. The molecule has 30 heavy (non-hydrogen) atoms. The van der Waals surface area contributed by atoms with Gasteiger partial charge in [0.05, 0.1) is 20.1 Å². The third-order valence-electron chi connectivity index (χ3n) is 5.44. The molecule has 2 fully saturated rings. The van der Waals surface area contributed by atoms with Crippen molar-refractivity contribution in [2.45, 2.75) is 25.2 Å². The molecule has 0 spiro atoms. The highest BCUT2D eigenvalue weighted by atomic mass is 16.5. The topological polar surface area (TPSA) is 111 Å². The van der Waals surface area contributed by atoms with Gasteiger partial charge in [-0.15, -0.1) is 0 Å². The zero-order valence-corrected chi connectivity index (χ0v) is 17.3. The lowest BCUT2D eigenvalue weighted by molar-refractivity contribution is -0.131. The number of likely N-dealkylation sites (N-methyl/N-ethyl adjacent to an activating group) is 1. The van der Waals surface area contributed by atoms with E-state index in [-0.39, 0.29) is 29.5 Å². The maximum atomic E-state index is 12.8. The summed E-state index contributed by atoms with van der Waals surface area (Å²) in [7, 11) is 4.78. The minimum atomic E-state index is -0.168. The standard InChI is InChI=1S/C20H25N5O5/c1-24(19(26)12-4-5-12)9-8-15-21-17(30-23-15)13-10-25(11-13)20(27)14-6-7-16(28-2)22-18(14)29-3/h6-7,12-13H,4-5,8-11H2,1-3H3. The number of aromatic nitrogens is 3. The van der Waals surface area contributed by atoms with Crippen molar-refractivity contribution >= 4 is 11.8 Å². The summed E-state index contributed by atoms with van der Waals surface area (Å²) >= 11 is 0. The molecule has 2 aliphatic rings. The monoisotopic (exact) mass is 415 g/mol. The van der Waals surface area contributed by atoms with Crippen LogP contribution in [-0.2, 0) is 11.2 Å². The molecule has 0 atom stereocenters. The summed E-state index contributed by atoms with van der Waals surface area (Å²) in [6.45, 7) is 1.53. The number of amides is 2. The van der Waals surface area contributed by atoms with E-state index < -0.39 is 0 Å². The Kier molecular flexibility index (Phi) is 5.56. The molecule has 1 aliphatic carbocycles. The minimum absolute atomic E-state index is 0.00164. The van der Waals surface area contributed by atoms with Crippen molar-refractivity contribution in [1.82, 2.24) is 24.9 Å². The van der Waals surface area contributed by atoms with Gasteiger partial charge in [0, 0.05) is 45.1 Å². The smallest absolute Gasteiger partial charge is 0.259 e. The fourth-order valence-corrected chi connectivity index (χ4v) is 3.38. The Hall–Kier alpha value is -3.17. The van der Waals surface area contributed by atoms with Crippen LogP contribution >= 0.6 is 0 Å². The Labute approximate surface area is 174 Å². The van der Waals surface area contributed by atoms with Crippen molar-refractivity contribution in [3.63, 3.8) is 0 Å². The van der Waals surface area contributed by atoms with Crippen molar-refractivity contribution in [3.8, 4) is 11.8 Å². The molecular formula is C20H25N5O5. The number of nitrogens with zero attached hydrogens (tertiary/aromatic N) is 5. The molecule has 0 unspecified atom stereocenters. The van der Waals surface area contributed by atoms with Gasteiger partial charge in [-0.2, -0.15) is 9.97 Å². The summed E-state index contributed by atoms with van der Waals surface area (Å²) in [4.78, 5) is 36.8. The van der Waals surface area contributed by atoms with Gasteiger partial charge < -0.3 is 23.8 Å². The van der Waals surface area contributed by atoms with E-state index in [1.807, 2.05) is 0 Å². The molecule has 2 amide bonds. The number of hydrogen-bond acceptors (Lipinski definition) is 8. The molecule has 160 valence electrons. The zero-order chi connectivity index (χ0) is 21.3. The van der Waals surface area contributed by atoms with Crippen LogP contribution in [0.15, 0.2) is 16.7 Å². The summed E-state index contributed by atoms with van der Waals surface area (Å²) in [5.74, 6) is 1.93. The van der Waals surface area contributed by atoms with Crippen LogP contribution in [0.1, 0.15) is 40.8 Å². The Morgan fingerprint density at radius 2 is 1.97 bits per heavy atom. The number of likely N-dealkylation sites (tertiary alicyclic amines) is 1. The van der Waals surface area contributed by atoms with E-state index >= 15 is 0 Å². The van der Waals surface area contributed by atoms with Crippen LogP contribution in [-0.4, -0.2) is 77.6 Å². The predicted molar refractivity (Wildman–Crippen MR) is 104 cm³/mol. The number of rotatable bonds is 8. The molecule has 0 bridgehead atoms. The molecule has 0 aromatic carbocycles. The van der Waals surface area contributed by atoms with Crippen LogP contribution in [0, 0.1) is 5.92 Å². The van der Waals surface area contributed by atoms with Crippen molar-refractivity contribution in [2.75, 3.05) is 40.9 Å². The zero-order valence-electron chi connectivity index (χ0n) is 17.3. The molecule has 1 saturated carbocycles. The molecule has 0 N–H and O–H groups in total. The van der Waals surface area contributed by atoms with Crippen LogP contribution in [0.3, 0.4) is 0 Å². The average molecular weight is 415 g/mol. The minimum Gasteiger partial charge on any atom is -0.481 e. The van der Waals surface area contributed by atoms with Crippen LogP contribution in [0.5, 0.6) is 11.8 Å². The fraction of sp³-hybridized carbons (Fsp3) is 0.550. The summed E-state index contributed by atoms with van der Waals surface area (Å²) in [5, 5.41) is 4.01. The highest BCUT2D eigenvalue weighted by Crippen LogP contribution is 2.31. The van der Waals surface area contributed by atoms with Gasteiger partial charge in [0.2, 0.25) is 23.6 Å². The molecule has 10 heteroatoms. The normalized spacial score (nSPS) is 16.2. The lowest BCUT2D eigenvalue weighted by Gasteiger charge is -2.37. The third-order valence-corrected chi connectivity index (χ3v) is 5.44. The second-order valence-corrected chi connectivity index (χ2v) is 7.65. The van der Waals surface area contributed by atoms with Crippen molar-refractivity contribution < 1.29 is 23.6 Å². The maximum Gasteiger partial charge on any atom is 0.259 e. The van der Waals surface area contributed by atoms with Crippen molar-refractivity contribution in [2.24, 2.45) is 5.92 Å². The summed E-state index contributed by atoms with van der Waals surface area (Å²) in [6.07, 6.45) is 2.53. The van der Waals surface area contributed by atoms with E-state index in [4.69, 9.17) is 14.0 Å². The van der Waals surface area contributed by atoms with Crippen molar-refractivity contribution in [1.29, 1.82) is 0 Å². The first-order valence-corrected chi connectivity index (χ1v) is 9.96. The van der Waals surface area contributed by atoms with Gasteiger partial charge in [0.1, 0.15) is 5.56 Å². The van der Waals surface area contributed by atoms with Crippen LogP contribution in [0.25, 0.3) is 0 Å². The number of carbonyl (C=O) groups excluding carboxylic acids is 2. The Morgan fingerprint density at radius 3 is 2.63 bits per heavy atom. The first-order chi connectivity index (χ1) is 14.5. The molecular weight excluding hydrogens is 390 g/mol. The van der Waals surface area contributed by atoms with E-state index in [0.717, 1.165) is 12.8 Å². The first-order valence-electron chi connectivity index (χ1n) is 9.96. The van der Waals surface area contributed by atoms with Gasteiger partial charge in [-0.3, -0.25) is 9.59 Å². The van der Waals surface area contributed by atoms with E-state index in [9.17, 15) is 9.59 Å². The average Bonchev–Trinajstić information content (AvgIpc) is 3.48. The maximum absolute atomic E-state index is 12.8. The van der Waals surface area contributed by atoms with Gasteiger partial charge in [0.15, 0.2) is 5.82 Å². The second kappa shape index (κ2) is 8.29. The highest BCUT2D eigenvalue weighted by Gasteiger charge is 2.37. The highest BCUT2D eigenvalue weighted by molar-refractivity contribution is 5.97. The van der Waals surface area contributed by atoms with Crippen LogP contribution in [0.2, 0.25) is 0 Å². The number of pyridine rings is 1. The molecule has 1 aliphatic heterocycles. The van der Waals surface area contributed by atoms with Gasteiger partial charge in [-0.25, -0.2) is 0 Å². The number of ether oxygens (including phenoxy) is 2. The van der Waals surface area contributed by atoms with Crippen LogP contribution < -0.4 is 9.47 Å².